The van der Waals surface area contributed by atoms with Gasteiger partial charge in [-0.25, -0.2) is 19.9 Å². The van der Waals surface area contributed by atoms with E-state index in [9.17, 15) is 14.7 Å². The summed E-state index contributed by atoms with van der Waals surface area (Å²) in [5.74, 6) is 2.37. The fourth-order valence-electron chi connectivity index (χ4n) is 9.12. The Bertz CT molecular complexity index is 2800. The van der Waals surface area contributed by atoms with Gasteiger partial charge in [-0.3, -0.25) is 19.6 Å². The van der Waals surface area contributed by atoms with Crippen LogP contribution in [0.3, 0.4) is 0 Å². The van der Waals surface area contributed by atoms with Gasteiger partial charge in [0.2, 0.25) is 5.91 Å². The number of fused-ring (bicyclic) bond motifs is 8. The molecule has 0 spiro atoms. The fraction of sp³-hybridized carbons (Fsp3) is 0.404. The van der Waals surface area contributed by atoms with E-state index in [1.54, 1.807) is 35.3 Å². The van der Waals surface area contributed by atoms with E-state index in [0.29, 0.717) is 39.1 Å². The van der Waals surface area contributed by atoms with E-state index in [1.807, 2.05) is 43.3 Å². The minimum atomic E-state index is -0.723. The van der Waals surface area contributed by atoms with Crippen LogP contribution in [0.1, 0.15) is 90.6 Å². The molecule has 14 nitrogen and oxygen atoms in total. The predicted molar refractivity (Wildman–Crippen MR) is 250 cm³/mol. The average Bonchev–Trinajstić information content (AvgIpc) is 4.09. The number of ether oxygens (including phenoxy) is 2. The first-order valence-corrected chi connectivity index (χ1v) is 23.4. The van der Waals surface area contributed by atoms with Gasteiger partial charge in [0.15, 0.2) is 0 Å². The molecule has 4 aliphatic rings. The molecule has 1 amide bonds. The molecule has 2 aromatic carbocycles. The van der Waals surface area contributed by atoms with Crippen molar-refractivity contribution in [1.82, 2.24) is 24.8 Å². The van der Waals surface area contributed by atoms with Gasteiger partial charge in [0.25, 0.3) is 0 Å². The van der Waals surface area contributed by atoms with Crippen LogP contribution in [0.25, 0.3) is 20.4 Å². The van der Waals surface area contributed by atoms with Crippen LogP contribution in [0.15, 0.2) is 46.9 Å². The lowest BCUT2D eigenvalue weighted by Crippen LogP contribution is -2.42. The lowest BCUT2D eigenvalue weighted by Gasteiger charge is -2.31. The maximum Gasteiger partial charge on any atom is 0.306 e. The number of anilines is 4. The molecule has 0 bridgehead atoms. The molecule has 16 heteroatoms. The first kappa shape index (κ1) is 42.3. The van der Waals surface area contributed by atoms with Crippen molar-refractivity contribution < 1.29 is 24.2 Å². The first-order chi connectivity index (χ1) is 30.6. The summed E-state index contributed by atoms with van der Waals surface area (Å²) in [6.45, 7) is 13.5. The summed E-state index contributed by atoms with van der Waals surface area (Å²) < 4.78 is 11.8. The number of carboxylic acids is 1. The van der Waals surface area contributed by atoms with Crippen molar-refractivity contribution >= 4 is 90.4 Å². The summed E-state index contributed by atoms with van der Waals surface area (Å²) in [4.78, 5) is 57.7. The number of aliphatic imine (C=N–C) groups is 2. The lowest BCUT2D eigenvalue weighted by atomic mass is 9.86. The highest BCUT2D eigenvalue weighted by atomic mass is 32.1. The number of carboxylic acid groups (broad SMARTS) is 1. The Labute approximate surface area is 373 Å². The smallest absolute Gasteiger partial charge is 0.306 e. The Kier molecular flexibility index (Phi) is 12.1. The minimum Gasteiger partial charge on any atom is -0.492 e. The molecule has 2 unspecified atom stereocenters. The van der Waals surface area contributed by atoms with Crippen LogP contribution in [-0.2, 0) is 48.4 Å². The zero-order valence-corrected chi connectivity index (χ0v) is 37.8. The Balaban J connectivity index is 0.000000162. The van der Waals surface area contributed by atoms with E-state index >= 15 is 0 Å². The SMILES string of the molecule is CCOc1cc2c(cc1Nc1ncnc3sc4c(c13)CCC(C(=O)N(CC)C(C)C)C4)C=NC2.CCOc1cc2c(cc1Nc1ncnc3sc4c(c13)CCC(C(=O)O)C4)C=NC2. The van der Waals surface area contributed by atoms with Crippen molar-refractivity contribution in [3.05, 3.63) is 80.1 Å². The Hall–Kier alpha value is -6.00. The third-order valence-corrected chi connectivity index (χ3v) is 14.5. The van der Waals surface area contributed by atoms with Gasteiger partial charge in [0.1, 0.15) is 45.5 Å². The van der Waals surface area contributed by atoms with Gasteiger partial charge in [-0.05, 0) is 131 Å². The molecule has 10 rings (SSSR count). The second kappa shape index (κ2) is 18.0. The first-order valence-electron chi connectivity index (χ1n) is 21.8. The second-order valence-corrected chi connectivity index (χ2v) is 18.6. The molecular formula is C47H51N9O5S2. The van der Waals surface area contributed by atoms with E-state index in [1.165, 1.54) is 21.6 Å². The monoisotopic (exact) mass is 885 g/mol. The normalized spacial score (nSPS) is 16.9. The zero-order valence-electron chi connectivity index (χ0n) is 36.2. The molecule has 2 aliphatic carbocycles. The van der Waals surface area contributed by atoms with Crippen LogP contribution < -0.4 is 20.1 Å². The summed E-state index contributed by atoms with van der Waals surface area (Å²) in [7, 11) is 0. The topological polar surface area (TPSA) is 176 Å². The number of carbonyl (C=O) groups excluding carboxylic acids is 1. The summed E-state index contributed by atoms with van der Waals surface area (Å²) >= 11 is 3.27. The molecule has 3 N–H and O–H groups in total. The van der Waals surface area contributed by atoms with E-state index in [2.05, 4.69) is 73.5 Å². The fourth-order valence-corrected chi connectivity index (χ4v) is 11.7. The van der Waals surface area contributed by atoms with E-state index in [0.717, 1.165) is 109 Å². The number of rotatable bonds is 12. The van der Waals surface area contributed by atoms with Crippen molar-refractivity contribution in [2.45, 2.75) is 92.3 Å². The van der Waals surface area contributed by atoms with Gasteiger partial charge in [0, 0.05) is 40.7 Å². The van der Waals surface area contributed by atoms with Gasteiger partial charge >= 0.3 is 5.97 Å². The number of amides is 1. The van der Waals surface area contributed by atoms with Crippen molar-refractivity contribution in [2.75, 3.05) is 30.4 Å². The molecule has 2 atom stereocenters. The molecule has 0 fully saturated rings. The van der Waals surface area contributed by atoms with E-state index in [4.69, 9.17) is 9.47 Å². The predicted octanol–water partition coefficient (Wildman–Crippen LogP) is 9.08. The third kappa shape index (κ3) is 8.33. The molecule has 0 saturated carbocycles. The van der Waals surface area contributed by atoms with Crippen LogP contribution in [0, 0.1) is 11.8 Å². The van der Waals surface area contributed by atoms with Gasteiger partial charge in [-0.15, -0.1) is 22.7 Å². The number of nitrogens with one attached hydrogen (secondary N) is 2. The Morgan fingerprint density at radius 2 is 1.24 bits per heavy atom. The van der Waals surface area contributed by atoms with Gasteiger partial charge in [-0.2, -0.15) is 0 Å². The van der Waals surface area contributed by atoms with Crippen molar-refractivity contribution in [3.63, 3.8) is 0 Å². The highest BCUT2D eigenvalue weighted by molar-refractivity contribution is 7.19. The van der Waals surface area contributed by atoms with Crippen LogP contribution in [0.5, 0.6) is 11.5 Å². The molecule has 6 heterocycles. The Morgan fingerprint density at radius 1 is 0.746 bits per heavy atom. The highest BCUT2D eigenvalue weighted by Crippen LogP contribution is 2.44. The van der Waals surface area contributed by atoms with Crippen molar-refractivity contribution in [2.24, 2.45) is 21.8 Å². The van der Waals surface area contributed by atoms with Crippen LogP contribution >= 0.6 is 22.7 Å². The summed E-state index contributed by atoms with van der Waals surface area (Å²) in [5, 5.41) is 18.4. The number of hydrogen-bond donors (Lipinski definition) is 3. The molecule has 63 heavy (non-hydrogen) atoms. The number of hydrogen-bond acceptors (Lipinski definition) is 14. The largest absolute Gasteiger partial charge is 0.492 e. The number of carbonyl (C=O) groups is 2. The van der Waals surface area contributed by atoms with Crippen LogP contribution in [-0.4, -0.2) is 80.0 Å². The van der Waals surface area contributed by atoms with E-state index in [-0.39, 0.29) is 23.8 Å². The number of benzene rings is 2. The zero-order chi connectivity index (χ0) is 43.8. The van der Waals surface area contributed by atoms with E-state index < -0.39 is 5.97 Å². The number of nitrogens with zero attached hydrogens (tertiary/aromatic N) is 7. The van der Waals surface area contributed by atoms with Gasteiger partial charge in [-0.1, -0.05) is 0 Å². The summed E-state index contributed by atoms with van der Waals surface area (Å²) in [6.07, 6.45) is 11.4. The molecule has 4 aromatic heterocycles. The van der Waals surface area contributed by atoms with Crippen molar-refractivity contribution in [1.29, 1.82) is 0 Å². The summed E-state index contributed by atoms with van der Waals surface area (Å²) in [6, 6.07) is 8.46. The molecule has 6 aromatic rings. The third-order valence-electron chi connectivity index (χ3n) is 12.2. The molecule has 0 saturated heterocycles. The van der Waals surface area contributed by atoms with Crippen LogP contribution in [0.2, 0.25) is 0 Å². The highest BCUT2D eigenvalue weighted by Gasteiger charge is 2.33. The molecule has 326 valence electrons. The number of aromatic nitrogens is 4. The lowest BCUT2D eigenvalue weighted by molar-refractivity contribution is -0.142. The summed E-state index contributed by atoms with van der Waals surface area (Å²) in [5.41, 5.74) is 8.69. The van der Waals surface area contributed by atoms with Gasteiger partial charge < -0.3 is 30.1 Å². The average molecular weight is 886 g/mol. The van der Waals surface area contributed by atoms with Crippen LogP contribution in [0.4, 0.5) is 23.0 Å². The molecular weight excluding hydrogens is 835 g/mol. The maximum atomic E-state index is 13.2. The van der Waals surface area contributed by atoms with Gasteiger partial charge in [0.05, 0.1) is 54.4 Å². The Morgan fingerprint density at radius 3 is 1.70 bits per heavy atom. The maximum absolute atomic E-state index is 13.2. The molecule has 2 aliphatic heterocycles. The minimum absolute atomic E-state index is 0.0350. The number of aryl methyl sites for hydroxylation is 2. The number of thiophene rings is 2. The number of aliphatic carboxylic acids is 1. The second-order valence-electron chi connectivity index (χ2n) is 16.4. The standard InChI is InChI=1S/C26H31N5O2S.C21H20N4O3S/c1-5-31(15(3)4)26(32)16-7-8-19-22(11-16)34-25-23(19)24(28-14-29-25)30-20-9-17-12-27-13-18(17)10-21(20)33-6-2;1-2-28-16-6-13-9-22-8-12(13)5-15(16)25-19-18-14-4-3-11(21(26)27)7-17(14)29-20(18)24-10-23-19/h9-10,12,14-16H,5-8,11,13H2,1-4H3,(H,28,29,30);5-6,8,10-11H,2-4,7,9H2,1H3,(H,26,27)(H,23,24,25). The molecule has 0 radical (unpaired) electrons. The quantitative estimate of drug-likeness (QED) is 0.107. The van der Waals surface area contributed by atoms with Crippen molar-refractivity contribution in [3.8, 4) is 11.5 Å².